The van der Waals surface area contributed by atoms with E-state index in [4.69, 9.17) is 0 Å². The Morgan fingerprint density at radius 2 is 1.70 bits per heavy atom. The van der Waals surface area contributed by atoms with Crippen LogP contribution >= 0.6 is 0 Å². The Balaban J connectivity index is 0. The van der Waals surface area contributed by atoms with Crippen molar-refractivity contribution in [3.05, 3.63) is 0 Å². The van der Waals surface area contributed by atoms with Gasteiger partial charge in [0.2, 0.25) is 0 Å². The number of rotatable bonds is 4. The first-order valence-electron chi connectivity index (χ1n) is 3.76. The molecule has 0 fully saturated rings. The Morgan fingerprint density at radius 1 is 1.20 bits per heavy atom. The molecule has 0 radical (unpaired) electrons. The van der Waals surface area contributed by atoms with Crippen molar-refractivity contribution in [2.75, 3.05) is 6.67 Å². The van der Waals surface area contributed by atoms with Crippen LogP contribution in [0.15, 0.2) is 0 Å². The van der Waals surface area contributed by atoms with Gasteiger partial charge in [0.15, 0.2) is 0 Å². The second-order valence-corrected chi connectivity index (χ2v) is 3.01. The van der Waals surface area contributed by atoms with Crippen LogP contribution in [-0.2, 0) is 0 Å². The monoisotopic (exact) mass is 152 g/mol. The van der Waals surface area contributed by atoms with Crippen molar-refractivity contribution < 1.29 is 9.09 Å². The zero-order valence-electron chi connectivity index (χ0n) is 7.06. The summed E-state index contributed by atoms with van der Waals surface area (Å²) in [5.41, 5.74) is 0. The highest BCUT2D eigenvalue weighted by molar-refractivity contribution is 4.56. The minimum Gasteiger partial charge on any atom is -0.269 e. The van der Waals surface area contributed by atoms with Gasteiger partial charge in [0.1, 0.15) is 0 Å². The minimum absolute atomic E-state index is 0. The molecular formula is C8H18F2. The quantitative estimate of drug-likeness (QED) is 0.580. The molecule has 0 heterocycles. The van der Waals surface area contributed by atoms with Gasteiger partial charge in [-0.3, -0.25) is 9.09 Å². The molecule has 0 spiro atoms. The molecule has 10 heavy (non-hydrogen) atoms. The summed E-state index contributed by atoms with van der Waals surface area (Å²) >= 11 is 0. The van der Waals surface area contributed by atoms with Crippen molar-refractivity contribution in [3.63, 3.8) is 0 Å². The molecule has 0 aliphatic heterocycles. The van der Waals surface area contributed by atoms with Gasteiger partial charge in [-0.15, -0.1) is 0 Å². The lowest BCUT2D eigenvalue weighted by Crippen LogP contribution is -2.03. The van der Waals surface area contributed by atoms with E-state index >= 15 is 0 Å². The summed E-state index contributed by atoms with van der Waals surface area (Å²) < 4.78 is 11.9. The summed E-state index contributed by atoms with van der Waals surface area (Å²) in [7, 11) is 0. The third-order valence-corrected chi connectivity index (χ3v) is 1.77. The predicted octanol–water partition coefficient (Wildman–Crippen LogP) is 3.18. The van der Waals surface area contributed by atoms with E-state index in [0.717, 1.165) is 6.42 Å². The Morgan fingerprint density at radius 3 is 2.00 bits per heavy atom. The van der Waals surface area contributed by atoms with Crippen LogP contribution in [0.25, 0.3) is 0 Å². The predicted molar refractivity (Wildman–Crippen MR) is 41.7 cm³/mol. The second kappa shape index (κ2) is 6.97. The maximum atomic E-state index is 11.9. The fourth-order valence-corrected chi connectivity index (χ4v) is 0.917. The Kier molecular flexibility index (Phi) is 8.74. The van der Waals surface area contributed by atoms with Gasteiger partial charge in [0.25, 0.3) is 0 Å². The SMILES string of the molecule is CCC(C)CC(C)CF.F. The minimum atomic E-state index is -0.162. The maximum absolute atomic E-state index is 11.9. The number of hydrogen-bond donors (Lipinski definition) is 0. The summed E-state index contributed by atoms with van der Waals surface area (Å²) in [6.07, 6.45) is 2.21. The lowest BCUT2D eigenvalue weighted by Gasteiger charge is -2.11. The summed E-state index contributed by atoms with van der Waals surface area (Å²) in [5, 5.41) is 0. The van der Waals surface area contributed by atoms with Crippen molar-refractivity contribution in [1.29, 1.82) is 0 Å². The highest BCUT2D eigenvalue weighted by Crippen LogP contribution is 2.14. The molecule has 2 heteroatoms. The molecule has 0 aromatic carbocycles. The van der Waals surface area contributed by atoms with Crippen LogP contribution in [0.4, 0.5) is 9.09 Å². The first-order valence-corrected chi connectivity index (χ1v) is 3.76. The molecule has 0 nitrogen and oxygen atoms in total. The third-order valence-electron chi connectivity index (χ3n) is 1.77. The van der Waals surface area contributed by atoms with E-state index in [1.165, 1.54) is 6.42 Å². The van der Waals surface area contributed by atoms with Crippen LogP contribution in [-0.4, -0.2) is 6.67 Å². The van der Waals surface area contributed by atoms with Crippen LogP contribution in [0.3, 0.4) is 0 Å². The van der Waals surface area contributed by atoms with Gasteiger partial charge in [-0.05, 0) is 18.3 Å². The van der Waals surface area contributed by atoms with Gasteiger partial charge in [-0.1, -0.05) is 27.2 Å². The van der Waals surface area contributed by atoms with Crippen LogP contribution in [0, 0.1) is 11.8 Å². The van der Waals surface area contributed by atoms with Crippen molar-refractivity contribution in [1.82, 2.24) is 0 Å². The lowest BCUT2D eigenvalue weighted by atomic mass is 9.96. The van der Waals surface area contributed by atoms with Crippen molar-refractivity contribution in [2.24, 2.45) is 11.8 Å². The highest BCUT2D eigenvalue weighted by atomic mass is 19.1. The van der Waals surface area contributed by atoms with E-state index in [1.807, 2.05) is 6.92 Å². The molecule has 2 atom stereocenters. The van der Waals surface area contributed by atoms with Gasteiger partial charge < -0.3 is 0 Å². The van der Waals surface area contributed by atoms with Gasteiger partial charge in [-0.25, -0.2) is 0 Å². The van der Waals surface area contributed by atoms with Gasteiger partial charge in [-0.2, -0.15) is 0 Å². The zero-order valence-corrected chi connectivity index (χ0v) is 7.06. The van der Waals surface area contributed by atoms with Crippen molar-refractivity contribution in [2.45, 2.75) is 33.6 Å². The topological polar surface area (TPSA) is 0 Å². The molecule has 0 saturated heterocycles. The fourth-order valence-electron chi connectivity index (χ4n) is 0.917. The van der Waals surface area contributed by atoms with E-state index in [2.05, 4.69) is 13.8 Å². The zero-order chi connectivity index (χ0) is 7.28. The Labute approximate surface area is 62.2 Å². The van der Waals surface area contributed by atoms with Crippen LogP contribution < -0.4 is 0 Å². The number of alkyl halides is 1. The smallest absolute Gasteiger partial charge is 0.0920 e. The lowest BCUT2D eigenvalue weighted by molar-refractivity contribution is 0.320. The standard InChI is InChI=1S/C8H17F.FH/c1-4-7(2)5-8(3)6-9;/h7-8H,4-6H2,1-3H3;1H. The molecule has 0 N–H and O–H groups in total. The van der Waals surface area contributed by atoms with E-state index in [0.29, 0.717) is 5.92 Å². The maximum Gasteiger partial charge on any atom is 0.0920 e. The molecule has 0 saturated carbocycles. The second-order valence-electron chi connectivity index (χ2n) is 3.01. The summed E-state index contributed by atoms with van der Waals surface area (Å²) in [5.74, 6) is 0.954. The normalized spacial score (nSPS) is 15.6. The average Bonchev–Trinajstić information content (AvgIpc) is 1.87. The molecule has 64 valence electrons. The first kappa shape index (κ1) is 12.5. The molecule has 0 aliphatic rings. The van der Waals surface area contributed by atoms with Crippen molar-refractivity contribution >= 4 is 0 Å². The van der Waals surface area contributed by atoms with Gasteiger partial charge in [0.05, 0.1) is 6.67 Å². The van der Waals surface area contributed by atoms with E-state index < -0.39 is 0 Å². The van der Waals surface area contributed by atoms with Gasteiger partial charge >= 0.3 is 0 Å². The summed E-state index contributed by atoms with van der Waals surface area (Å²) in [6, 6.07) is 0. The molecule has 0 aromatic rings. The largest absolute Gasteiger partial charge is 0.269 e. The Bertz CT molecular complexity index is 56.3. The third kappa shape index (κ3) is 5.99. The summed E-state index contributed by atoms with van der Waals surface area (Å²) in [6.45, 7) is 6.12. The molecular weight excluding hydrogens is 134 g/mol. The molecule has 0 bridgehead atoms. The van der Waals surface area contributed by atoms with Gasteiger partial charge in [0, 0.05) is 0 Å². The van der Waals surface area contributed by atoms with Crippen LogP contribution in [0.2, 0.25) is 0 Å². The van der Waals surface area contributed by atoms with E-state index in [1.54, 1.807) is 0 Å². The fraction of sp³-hybridized carbons (Fsp3) is 1.00. The van der Waals surface area contributed by atoms with E-state index in [-0.39, 0.29) is 17.3 Å². The van der Waals surface area contributed by atoms with Crippen LogP contribution in [0.1, 0.15) is 33.6 Å². The summed E-state index contributed by atoms with van der Waals surface area (Å²) in [4.78, 5) is 0. The van der Waals surface area contributed by atoms with Crippen molar-refractivity contribution in [3.8, 4) is 0 Å². The highest BCUT2D eigenvalue weighted by Gasteiger charge is 2.05. The number of halogens is 2. The average molecular weight is 152 g/mol. The molecule has 2 unspecified atom stereocenters. The molecule has 0 rings (SSSR count). The first-order chi connectivity index (χ1) is 4.20. The molecule has 0 aliphatic carbocycles. The van der Waals surface area contributed by atoms with E-state index in [9.17, 15) is 4.39 Å². The number of hydrogen-bond acceptors (Lipinski definition) is 0. The molecule has 0 amide bonds. The van der Waals surface area contributed by atoms with Crippen LogP contribution in [0.5, 0.6) is 0 Å². The Hall–Kier alpha value is -0.140. The molecule has 0 aromatic heterocycles.